The maximum atomic E-state index is 13.1. The fourth-order valence-electron chi connectivity index (χ4n) is 7.49. The highest BCUT2D eigenvalue weighted by Gasteiger charge is 2.67. The smallest absolute Gasteiger partial charge is 0.338 e. The Kier molecular flexibility index (Phi) is 4.79. The summed E-state index contributed by atoms with van der Waals surface area (Å²) in [5.74, 6) is -2.34. The van der Waals surface area contributed by atoms with Crippen LogP contribution < -0.4 is 9.84 Å². The zero-order chi connectivity index (χ0) is 22.0. The van der Waals surface area contributed by atoms with Crippen LogP contribution in [0, 0.1) is 35.5 Å². The molecule has 4 fully saturated rings. The van der Waals surface area contributed by atoms with Crippen LogP contribution in [0.25, 0.3) is 0 Å². The number of carboxylic acid groups (broad SMARTS) is 1. The molecule has 4 aliphatic rings. The topological polar surface area (TPSA) is 75.7 Å². The van der Waals surface area contributed by atoms with Gasteiger partial charge in [0.2, 0.25) is 0 Å². The number of ether oxygens (including phenoxy) is 2. The number of aliphatic carboxylic acids is 1. The molecule has 0 amide bonds. The first kappa shape index (κ1) is 20.7. The molecule has 4 saturated carbocycles. The molecule has 7 unspecified atom stereocenters. The van der Waals surface area contributed by atoms with Gasteiger partial charge < -0.3 is 19.4 Å². The lowest BCUT2D eigenvalue weighted by atomic mass is 9.65. The first-order valence-corrected chi connectivity index (χ1v) is 11.3. The molecule has 4 bridgehead atoms. The standard InChI is InChI=1S/C24H28F2O5/c1-2-23(11-16-10-18(23)20-15-4-3-14(9-15)19(16)20)31-17-7-5-13(6-8-17)21(27)30-12-24(25,26)22(28)29/h5-8,14-16,18-20H,2-4,9-12H2,1H3,(H,28,29)/p-1. The van der Waals surface area contributed by atoms with Gasteiger partial charge in [0.1, 0.15) is 17.3 Å². The van der Waals surface area contributed by atoms with E-state index in [0.717, 1.165) is 42.4 Å². The van der Waals surface area contributed by atoms with E-state index in [2.05, 4.69) is 11.7 Å². The third kappa shape index (κ3) is 3.23. The van der Waals surface area contributed by atoms with Crippen LogP contribution in [0.4, 0.5) is 8.78 Å². The monoisotopic (exact) mass is 433 g/mol. The van der Waals surface area contributed by atoms with Crippen molar-refractivity contribution in [1.82, 2.24) is 0 Å². The van der Waals surface area contributed by atoms with E-state index < -0.39 is 24.5 Å². The Labute approximate surface area is 180 Å². The Morgan fingerprint density at radius 3 is 2.42 bits per heavy atom. The molecule has 4 aliphatic carbocycles. The minimum absolute atomic E-state index is 0.0631. The van der Waals surface area contributed by atoms with E-state index in [4.69, 9.17) is 4.74 Å². The minimum Gasteiger partial charge on any atom is -0.544 e. The number of hydrogen-bond donors (Lipinski definition) is 0. The van der Waals surface area contributed by atoms with E-state index in [1.54, 1.807) is 12.1 Å². The molecule has 5 nitrogen and oxygen atoms in total. The van der Waals surface area contributed by atoms with Crippen LogP contribution in [-0.4, -0.2) is 30.1 Å². The van der Waals surface area contributed by atoms with Crippen LogP contribution >= 0.6 is 0 Å². The molecule has 0 aliphatic heterocycles. The van der Waals surface area contributed by atoms with E-state index in [9.17, 15) is 23.5 Å². The van der Waals surface area contributed by atoms with Gasteiger partial charge in [-0.25, -0.2) is 4.79 Å². The zero-order valence-electron chi connectivity index (χ0n) is 17.5. The molecule has 0 radical (unpaired) electrons. The fourth-order valence-corrected chi connectivity index (χ4v) is 7.49. The van der Waals surface area contributed by atoms with Crippen LogP contribution in [0.3, 0.4) is 0 Å². The summed E-state index contributed by atoms with van der Waals surface area (Å²) in [6, 6.07) is 6.25. The molecule has 1 aromatic rings. The zero-order valence-corrected chi connectivity index (χ0v) is 17.5. The predicted molar refractivity (Wildman–Crippen MR) is 104 cm³/mol. The Balaban J connectivity index is 1.26. The third-order valence-electron chi connectivity index (χ3n) is 8.59. The lowest BCUT2D eigenvalue weighted by molar-refractivity contribution is -0.331. The van der Waals surface area contributed by atoms with Gasteiger partial charge in [0, 0.05) is 5.92 Å². The summed E-state index contributed by atoms with van der Waals surface area (Å²) >= 11 is 0. The molecular formula is C24H27F2O5-. The van der Waals surface area contributed by atoms with Gasteiger partial charge in [-0.2, -0.15) is 8.78 Å². The minimum atomic E-state index is -4.22. The number of benzene rings is 1. The predicted octanol–water partition coefficient (Wildman–Crippen LogP) is 3.46. The Bertz CT molecular complexity index is 884. The van der Waals surface area contributed by atoms with Crippen LogP contribution in [0.15, 0.2) is 24.3 Å². The molecule has 0 N–H and O–H groups in total. The SMILES string of the molecule is CCC1(Oc2ccc(C(=O)OCC(F)(F)C(=O)[O-])cc2)CC2CC1C1C3CCC(C3)C21. The first-order chi connectivity index (χ1) is 14.7. The van der Waals surface area contributed by atoms with Crippen molar-refractivity contribution in [1.29, 1.82) is 0 Å². The number of carboxylic acids is 1. The van der Waals surface area contributed by atoms with E-state index in [-0.39, 0.29) is 11.2 Å². The highest BCUT2D eigenvalue weighted by Crippen LogP contribution is 2.70. The highest BCUT2D eigenvalue weighted by molar-refractivity contribution is 5.89. The number of alkyl halides is 2. The summed E-state index contributed by atoms with van der Waals surface area (Å²) in [6.07, 6.45) is 7.45. The number of carbonyl (C=O) groups excluding carboxylic acids is 2. The van der Waals surface area contributed by atoms with Crippen molar-refractivity contribution < 1.29 is 33.0 Å². The van der Waals surface area contributed by atoms with Gasteiger partial charge >= 0.3 is 11.9 Å². The molecule has 7 atom stereocenters. The molecular weight excluding hydrogens is 406 g/mol. The van der Waals surface area contributed by atoms with E-state index >= 15 is 0 Å². The van der Waals surface area contributed by atoms with Crippen molar-refractivity contribution in [3.05, 3.63) is 29.8 Å². The van der Waals surface area contributed by atoms with Gasteiger partial charge in [0.05, 0.1) is 5.56 Å². The van der Waals surface area contributed by atoms with Crippen LogP contribution in [-0.2, 0) is 9.53 Å². The molecule has 168 valence electrons. The van der Waals surface area contributed by atoms with Gasteiger partial charge in [0.25, 0.3) is 0 Å². The summed E-state index contributed by atoms with van der Waals surface area (Å²) in [5.41, 5.74) is -0.109. The molecule has 0 saturated heterocycles. The summed E-state index contributed by atoms with van der Waals surface area (Å²) < 4.78 is 37.1. The first-order valence-electron chi connectivity index (χ1n) is 11.3. The number of hydrogen-bond acceptors (Lipinski definition) is 5. The number of carbonyl (C=O) groups is 2. The second kappa shape index (κ2) is 7.17. The molecule has 5 rings (SSSR count). The maximum Gasteiger partial charge on any atom is 0.338 e. The quantitative estimate of drug-likeness (QED) is 0.486. The van der Waals surface area contributed by atoms with Gasteiger partial charge in [-0.1, -0.05) is 6.92 Å². The Morgan fingerprint density at radius 1 is 1.10 bits per heavy atom. The van der Waals surface area contributed by atoms with Gasteiger partial charge in [0.15, 0.2) is 6.61 Å². The number of esters is 1. The van der Waals surface area contributed by atoms with Gasteiger partial charge in [-0.15, -0.1) is 0 Å². The summed E-state index contributed by atoms with van der Waals surface area (Å²) in [7, 11) is 0. The number of halogens is 2. The largest absolute Gasteiger partial charge is 0.544 e. The average molecular weight is 433 g/mol. The number of fused-ring (bicyclic) bond motifs is 9. The summed E-state index contributed by atoms with van der Waals surface area (Å²) in [5, 5.41) is 10.3. The molecule has 7 heteroatoms. The fraction of sp³-hybridized carbons (Fsp3) is 0.667. The van der Waals surface area contributed by atoms with E-state index in [1.165, 1.54) is 37.8 Å². The van der Waals surface area contributed by atoms with Crippen LogP contribution in [0.5, 0.6) is 5.75 Å². The average Bonchev–Trinajstić information content (AvgIpc) is 3.51. The summed E-state index contributed by atoms with van der Waals surface area (Å²) in [4.78, 5) is 22.3. The molecule has 0 spiro atoms. The third-order valence-corrected chi connectivity index (χ3v) is 8.59. The van der Waals surface area contributed by atoms with Crippen LogP contribution in [0.1, 0.15) is 55.8 Å². The van der Waals surface area contributed by atoms with Crippen molar-refractivity contribution in [2.45, 2.75) is 57.0 Å². The summed E-state index contributed by atoms with van der Waals surface area (Å²) in [6.45, 7) is 0.630. The van der Waals surface area contributed by atoms with Crippen molar-refractivity contribution in [3.8, 4) is 5.75 Å². The normalized spacial score (nSPS) is 37.6. The highest BCUT2D eigenvalue weighted by atomic mass is 19.3. The lowest BCUT2D eigenvalue weighted by Gasteiger charge is -2.46. The van der Waals surface area contributed by atoms with Crippen molar-refractivity contribution in [3.63, 3.8) is 0 Å². The Morgan fingerprint density at radius 2 is 1.77 bits per heavy atom. The molecule has 1 aromatic carbocycles. The van der Waals surface area contributed by atoms with Gasteiger partial charge in [-0.05, 0) is 92.4 Å². The van der Waals surface area contributed by atoms with E-state index in [0.29, 0.717) is 11.7 Å². The maximum absolute atomic E-state index is 13.1. The second-order valence-electron chi connectivity index (χ2n) is 9.91. The second-order valence-corrected chi connectivity index (χ2v) is 9.91. The molecule has 0 heterocycles. The van der Waals surface area contributed by atoms with Crippen molar-refractivity contribution in [2.24, 2.45) is 35.5 Å². The Hall–Kier alpha value is -2.18. The molecule has 0 aromatic heterocycles. The van der Waals surface area contributed by atoms with Crippen molar-refractivity contribution in [2.75, 3.05) is 6.61 Å². The molecule has 31 heavy (non-hydrogen) atoms. The van der Waals surface area contributed by atoms with Crippen molar-refractivity contribution >= 4 is 11.9 Å². The lowest BCUT2D eigenvalue weighted by Crippen LogP contribution is -2.48. The van der Waals surface area contributed by atoms with E-state index in [1.807, 2.05) is 0 Å². The number of rotatable bonds is 7. The van der Waals surface area contributed by atoms with Crippen LogP contribution in [0.2, 0.25) is 0 Å². The van der Waals surface area contributed by atoms with Gasteiger partial charge in [-0.3, -0.25) is 0 Å².